The fourth-order valence-electron chi connectivity index (χ4n) is 4.71. The Morgan fingerprint density at radius 1 is 1.21 bits per heavy atom. The third-order valence-electron chi connectivity index (χ3n) is 6.49. The number of hydrogen-bond acceptors (Lipinski definition) is 4. The van der Waals surface area contributed by atoms with Gasteiger partial charge in [0.15, 0.2) is 5.78 Å². The van der Waals surface area contributed by atoms with E-state index in [2.05, 4.69) is 5.10 Å². The number of hydrogen-bond donors (Lipinski definition) is 0. The lowest BCUT2D eigenvalue weighted by molar-refractivity contribution is -0.131. The van der Waals surface area contributed by atoms with Crippen molar-refractivity contribution in [3.63, 3.8) is 0 Å². The Bertz CT molecular complexity index is 949. The van der Waals surface area contributed by atoms with Crippen LogP contribution in [-0.2, 0) is 18.3 Å². The molecule has 6 nitrogen and oxygen atoms in total. The Morgan fingerprint density at radius 3 is 2.76 bits per heavy atom. The predicted octanol–water partition coefficient (Wildman–Crippen LogP) is 3.39. The van der Waals surface area contributed by atoms with E-state index < -0.39 is 5.60 Å². The van der Waals surface area contributed by atoms with Crippen molar-refractivity contribution >= 4 is 11.7 Å². The molecule has 1 aromatic carbocycles. The minimum Gasteiger partial charge on any atom is -0.486 e. The number of likely N-dealkylation sites (tertiary alicyclic amines) is 1. The number of nitrogens with zero attached hydrogens (tertiary/aromatic N) is 3. The maximum Gasteiger partial charge on any atom is 0.222 e. The first-order chi connectivity index (χ1) is 13.9. The molecule has 0 saturated carbocycles. The van der Waals surface area contributed by atoms with Crippen molar-refractivity contribution in [2.45, 2.75) is 58.0 Å². The molecule has 1 saturated heterocycles. The Labute approximate surface area is 171 Å². The Morgan fingerprint density at radius 2 is 2.00 bits per heavy atom. The minimum absolute atomic E-state index is 0.147. The highest BCUT2D eigenvalue weighted by Gasteiger charge is 2.41. The molecule has 6 heteroatoms. The molecule has 1 fully saturated rings. The molecule has 1 amide bonds. The van der Waals surface area contributed by atoms with Crippen LogP contribution in [0.3, 0.4) is 0 Å². The molecule has 0 bridgehead atoms. The van der Waals surface area contributed by atoms with E-state index in [1.807, 2.05) is 54.7 Å². The number of aromatic nitrogens is 2. The van der Waals surface area contributed by atoms with E-state index in [4.69, 9.17) is 4.74 Å². The van der Waals surface area contributed by atoms with E-state index in [-0.39, 0.29) is 11.7 Å². The van der Waals surface area contributed by atoms with E-state index in [1.54, 1.807) is 0 Å². The second-order valence-electron chi connectivity index (χ2n) is 8.39. The van der Waals surface area contributed by atoms with E-state index in [0.29, 0.717) is 43.5 Å². The molecule has 3 heterocycles. The van der Waals surface area contributed by atoms with Gasteiger partial charge >= 0.3 is 0 Å². The summed E-state index contributed by atoms with van der Waals surface area (Å²) in [5.41, 5.74) is 3.50. The zero-order valence-corrected chi connectivity index (χ0v) is 17.5. The number of Topliss-reactive ketones (excluding diaryl/α,β-unsaturated/α-hetero) is 1. The number of carbonyl (C=O) groups excluding carboxylic acids is 2. The number of aryl methyl sites for hydroxylation is 2. The number of ether oxygens (including phenoxy) is 1. The van der Waals surface area contributed by atoms with Gasteiger partial charge in [0.25, 0.3) is 0 Å². The average Bonchev–Trinajstić information content (AvgIpc) is 2.84. The van der Waals surface area contributed by atoms with Crippen LogP contribution in [0.5, 0.6) is 5.75 Å². The van der Waals surface area contributed by atoms with Crippen LogP contribution < -0.4 is 4.74 Å². The second kappa shape index (κ2) is 7.65. The third kappa shape index (κ3) is 3.80. The van der Waals surface area contributed by atoms with Gasteiger partial charge in [-0.25, -0.2) is 0 Å². The van der Waals surface area contributed by atoms with Crippen LogP contribution in [-0.4, -0.2) is 45.1 Å². The van der Waals surface area contributed by atoms with Crippen molar-refractivity contribution in [3.8, 4) is 5.75 Å². The van der Waals surface area contributed by atoms with Crippen molar-refractivity contribution in [1.82, 2.24) is 14.7 Å². The highest BCUT2D eigenvalue weighted by Crippen LogP contribution is 2.39. The first-order valence-corrected chi connectivity index (χ1v) is 10.5. The van der Waals surface area contributed by atoms with Gasteiger partial charge in [0.05, 0.1) is 17.7 Å². The van der Waals surface area contributed by atoms with Crippen LogP contribution in [0.1, 0.15) is 59.4 Å². The third-order valence-corrected chi connectivity index (χ3v) is 6.49. The number of para-hydroxylation sites is 1. The van der Waals surface area contributed by atoms with Crippen LogP contribution >= 0.6 is 0 Å². The number of fused-ring (bicyclic) bond motifs is 1. The lowest BCUT2D eigenvalue weighted by Crippen LogP contribution is -2.43. The van der Waals surface area contributed by atoms with Crippen LogP contribution in [0.15, 0.2) is 24.3 Å². The molecule has 154 valence electrons. The van der Waals surface area contributed by atoms with E-state index in [0.717, 1.165) is 30.8 Å². The van der Waals surface area contributed by atoms with Gasteiger partial charge in [0.2, 0.25) is 5.91 Å². The summed E-state index contributed by atoms with van der Waals surface area (Å²) in [5, 5.41) is 4.44. The standard InChI is InChI=1S/C23H29N3O3/c1-16-18(17(2)25(3)24-16)9-10-22(28)26-13-6-11-23(12-14-26)15-20(27)19-7-4-5-8-21(19)29-23/h4-5,7-8H,6,9-15H2,1-3H3. The maximum atomic E-state index is 12.9. The SMILES string of the molecule is Cc1nn(C)c(C)c1CCC(=O)N1CCCC2(CC1)CC(=O)c1ccccc1O2. The van der Waals surface area contributed by atoms with Gasteiger partial charge in [-0.3, -0.25) is 14.3 Å². The highest BCUT2D eigenvalue weighted by molar-refractivity contribution is 6.00. The maximum absolute atomic E-state index is 12.9. The highest BCUT2D eigenvalue weighted by atomic mass is 16.5. The topological polar surface area (TPSA) is 64.4 Å². The van der Waals surface area contributed by atoms with Gasteiger partial charge in [-0.05, 0) is 50.8 Å². The quantitative estimate of drug-likeness (QED) is 0.799. The molecule has 2 aliphatic rings. The summed E-state index contributed by atoms with van der Waals surface area (Å²) < 4.78 is 8.21. The van der Waals surface area contributed by atoms with Gasteiger partial charge in [-0.2, -0.15) is 5.10 Å². The molecule has 2 aromatic rings. The number of carbonyl (C=O) groups is 2. The summed E-state index contributed by atoms with van der Waals surface area (Å²) in [4.78, 5) is 27.5. The monoisotopic (exact) mass is 395 g/mol. The van der Waals surface area contributed by atoms with E-state index in [9.17, 15) is 9.59 Å². The summed E-state index contributed by atoms with van der Waals surface area (Å²) in [5.74, 6) is 1.01. The van der Waals surface area contributed by atoms with Crippen LogP contribution in [0.25, 0.3) is 0 Å². The molecule has 1 aromatic heterocycles. The molecular weight excluding hydrogens is 366 g/mol. The van der Waals surface area contributed by atoms with Gasteiger partial charge < -0.3 is 9.64 Å². The zero-order chi connectivity index (χ0) is 20.6. The van der Waals surface area contributed by atoms with Crippen LogP contribution in [0, 0.1) is 13.8 Å². The van der Waals surface area contributed by atoms with Crippen molar-refractivity contribution in [2.75, 3.05) is 13.1 Å². The number of benzene rings is 1. The Hall–Kier alpha value is -2.63. The summed E-state index contributed by atoms with van der Waals surface area (Å²) in [6.07, 6.45) is 3.96. The van der Waals surface area contributed by atoms with Crippen molar-refractivity contribution in [3.05, 3.63) is 46.8 Å². The first kappa shape index (κ1) is 19.7. The Kier molecular flexibility index (Phi) is 5.19. The van der Waals surface area contributed by atoms with Gasteiger partial charge in [0.1, 0.15) is 11.4 Å². The number of rotatable bonds is 3. The first-order valence-electron chi connectivity index (χ1n) is 10.5. The average molecular weight is 396 g/mol. The van der Waals surface area contributed by atoms with E-state index >= 15 is 0 Å². The smallest absolute Gasteiger partial charge is 0.222 e. The summed E-state index contributed by atoms with van der Waals surface area (Å²) in [6, 6.07) is 7.48. The van der Waals surface area contributed by atoms with Crippen molar-refractivity contribution < 1.29 is 14.3 Å². The molecule has 4 rings (SSSR count). The molecule has 0 aliphatic carbocycles. The van der Waals surface area contributed by atoms with Gasteiger partial charge in [0, 0.05) is 38.7 Å². The summed E-state index contributed by atoms with van der Waals surface area (Å²) >= 11 is 0. The van der Waals surface area contributed by atoms with Gasteiger partial charge in [-0.15, -0.1) is 0 Å². The Balaban J connectivity index is 1.40. The second-order valence-corrected chi connectivity index (χ2v) is 8.39. The number of ketones is 1. The lowest BCUT2D eigenvalue weighted by Gasteiger charge is -2.37. The minimum atomic E-state index is -0.475. The normalized spacial score (nSPS) is 21.6. The fourth-order valence-corrected chi connectivity index (χ4v) is 4.71. The lowest BCUT2D eigenvalue weighted by atomic mass is 9.84. The zero-order valence-electron chi connectivity index (χ0n) is 17.5. The molecule has 0 radical (unpaired) electrons. The molecule has 29 heavy (non-hydrogen) atoms. The largest absolute Gasteiger partial charge is 0.486 e. The molecule has 1 unspecified atom stereocenters. The van der Waals surface area contributed by atoms with Crippen LogP contribution in [0.4, 0.5) is 0 Å². The van der Waals surface area contributed by atoms with E-state index in [1.165, 1.54) is 5.56 Å². The van der Waals surface area contributed by atoms with Crippen LogP contribution in [0.2, 0.25) is 0 Å². The molecule has 1 atom stereocenters. The summed E-state index contributed by atoms with van der Waals surface area (Å²) in [6.45, 7) is 5.41. The van der Waals surface area contributed by atoms with Gasteiger partial charge in [-0.1, -0.05) is 12.1 Å². The molecule has 1 spiro atoms. The molecule has 2 aliphatic heterocycles. The van der Waals surface area contributed by atoms with Crippen molar-refractivity contribution in [1.29, 1.82) is 0 Å². The predicted molar refractivity (Wildman–Crippen MR) is 110 cm³/mol. The summed E-state index contributed by atoms with van der Waals surface area (Å²) in [7, 11) is 1.94. The number of amides is 1. The molecule has 0 N–H and O–H groups in total. The fraction of sp³-hybridized carbons (Fsp3) is 0.522. The molecular formula is C23H29N3O3. The van der Waals surface area contributed by atoms with Crippen molar-refractivity contribution in [2.24, 2.45) is 7.05 Å².